The number of rotatable bonds is 8. The molecule has 0 radical (unpaired) electrons. The number of nitrogens with one attached hydrogen (secondary N) is 1. The van der Waals surface area contributed by atoms with Gasteiger partial charge in [0.2, 0.25) is 15.9 Å². The van der Waals surface area contributed by atoms with Crippen molar-refractivity contribution in [3.63, 3.8) is 0 Å². The first kappa shape index (κ1) is 22.7. The van der Waals surface area contributed by atoms with E-state index in [9.17, 15) is 22.4 Å². The fourth-order valence-electron chi connectivity index (χ4n) is 2.92. The Balaban J connectivity index is 1.81. The number of anilines is 1. The summed E-state index contributed by atoms with van der Waals surface area (Å²) in [5.41, 5.74) is 4.89. The van der Waals surface area contributed by atoms with E-state index in [1.54, 1.807) is 18.2 Å². The lowest BCUT2D eigenvalue weighted by atomic mass is 10.2. The maximum Gasteiger partial charge on any atom is 0.258 e. The second kappa shape index (κ2) is 9.86. The van der Waals surface area contributed by atoms with Gasteiger partial charge in [-0.25, -0.2) is 12.8 Å². The smallest absolute Gasteiger partial charge is 0.258 e. The van der Waals surface area contributed by atoms with Crippen LogP contribution in [-0.4, -0.2) is 57.4 Å². The van der Waals surface area contributed by atoms with E-state index in [0.717, 1.165) is 18.2 Å². The highest BCUT2D eigenvalue weighted by molar-refractivity contribution is 7.89. The first-order valence-electron chi connectivity index (χ1n) is 9.48. The van der Waals surface area contributed by atoms with Crippen molar-refractivity contribution in [2.24, 2.45) is 5.73 Å². The molecule has 2 aromatic carbocycles. The van der Waals surface area contributed by atoms with E-state index < -0.39 is 33.2 Å². The molecule has 0 aliphatic carbocycles. The molecule has 0 bridgehead atoms. The van der Waals surface area contributed by atoms with Crippen molar-refractivity contribution >= 4 is 27.5 Å². The molecule has 2 aromatic rings. The van der Waals surface area contributed by atoms with Gasteiger partial charge in [-0.3, -0.25) is 9.59 Å². The Labute approximate surface area is 179 Å². The molecule has 11 heteroatoms. The molecular weight excluding hydrogens is 429 g/mol. The molecule has 1 heterocycles. The summed E-state index contributed by atoms with van der Waals surface area (Å²) in [5.74, 6) is -2.00. The number of benzene rings is 2. The van der Waals surface area contributed by atoms with E-state index in [1.807, 2.05) is 0 Å². The topological polar surface area (TPSA) is 128 Å². The number of amides is 2. The first-order chi connectivity index (χ1) is 14.8. The number of carbonyl (C=O) groups excluding carboxylic acids is 2. The minimum absolute atomic E-state index is 0.00383. The molecular formula is C20H22FN3O6S. The third-order valence-corrected chi connectivity index (χ3v) is 6.43. The molecule has 0 aromatic heterocycles. The number of nitrogens with zero attached hydrogens (tertiary/aromatic N) is 1. The largest absolute Gasteiger partial charge is 0.491 e. The quantitative estimate of drug-likeness (QED) is 0.624. The van der Waals surface area contributed by atoms with Gasteiger partial charge in [-0.2, -0.15) is 4.31 Å². The van der Waals surface area contributed by atoms with Crippen molar-refractivity contribution in [2.45, 2.75) is 11.3 Å². The van der Waals surface area contributed by atoms with Gasteiger partial charge in [0, 0.05) is 13.1 Å². The van der Waals surface area contributed by atoms with Gasteiger partial charge in [-0.1, -0.05) is 12.1 Å². The molecule has 2 amide bonds. The molecule has 3 rings (SSSR count). The summed E-state index contributed by atoms with van der Waals surface area (Å²) in [7, 11) is -3.90. The van der Waals surface area contributed by atoms with Crippen LogP contribution < -0.4 is 15.8 Å². The van der Waals surface area contributed by atoms with Gasteiger partial charge >= 0.3 is 0 Å². The van der Waals surface area contributed by atoms with Crippen LogP contribution in [0.4, 0.5) is 10.1 Å². The number of hydrogen-bond acceptors (Lipinski definition) is 6. The van der Waals surface area contributed by atoms with Crippen molar-refractivity contribution in [1.82, 2.24) is 4.31 Å². The van der Waals surface area contributed by atoms with Gasteiger partial charge in [-0.05, 0) is 30.3 Å². The Bertz CT molecular complexity index is 1070. The number of nitrogens with two attached hydrogens (primary N) is 1. The maximum atomic E-state index is 14.4. The van der Waals surface area contributed by atoms with Crippen molar-refractivity contribution in [3.8, 4) is 5.75 Å². The average molecular weight is 451 g/mol. The Morgan fingerprint density at radius 1 is 1.16 bits per heavy atom. The van der Waals surface area contributed by atoms with E-state index in [-0.39, 0.29) is 55.7 Å². The van der Waals surface area contributed by atoms with Crippen LogP contribution in [0.15, 0.2) is 47.4 Å². The van der Waals surface area contributed by atoms with Gasteiger partial charge in [0.05, 0.1) is 42.4 Å². The molecule has 0 atom stereocenters. The zero-order valence-electron chi connectivity index (χ0n) is 16.5. The number of ether oxygens (including phenoxy) is 2. The molecule has 1 fully saturated rings. The summed E-state index contributed by atoms with van der Waals surface area (Å²) < 4.78 is 51.8. The Hall–Kier alpha value is -3.02. The lowest BCUT2D eigenvalue weighted by Gasteiger charge is -2.26. The van der Waals surface area contributed by atoms with Gasteiger partial charge < -0.3 is 20.5 Å². The Kier molecular flexibility index (Phi) is 7.21. The van der Waals surface area contributed by atoms with Crippen LogP contribution in [0.5, 0.6) is 5.75 Å². The summed E-state index contributed by atoms with van der Waals surface area (Å²) in [5, 5.41) is 2.52. The standard InChI is InChI=1S/C20H22FN3O6S/c21-16-6-5-14(31(27,28)24-8-11-29-12-9-24)13-15(16)20(26)23-17-3-1-2-4-18(17)30-10-7-19(22)25/h1-6,13H,7-12H2,(H2,22,25)(H,23,26). The van der Waals surface area contributed by atoms with Gasteiger partial charge in [0.1, 0.15) is 11.6 Å². The van der Waals surface area contributed by atoms with Crippen LogP contribution in [0.2, 0.25) is 0 Å². The highest BCUT2D eigenvalue weighted by Gasteiger charge is 2.28. The lowest BCUT2D eigenvalue weighted by Crippen LogP contribution is -2.40. The van der Waals surface area contributed by atoms with Crippen LogP contribution in [0, 0.1) is 5.82 Å². The summed E-state index contributed by atoms with van der Waals surface area (Å²) in [6.07, 6.45) is -0.0155. The van der Waals surface area contributed by atoms with Crippen LogP contribution >= 0.6 is 0 Å². The van der Waals surface area contributed by atoms with Crippen molar-refractivity contribution in [2.75, 3.05) is 38.2 Å². The van der Waals surface area contributed by atoms with Crippen molar-refractivity contribution in [1.29, 1.82) is 0 Å². The van der Waals surface area contributed by atoms with Crippen LogP contribution in [0.3, 0.4) is 0 Å². The predicted molar refractivity (Wildman–Crippen MR) is 110 cm³/mol. The summed E-state index contributed by atoms with van der Waals surface area (Å²) in [6.45, 7) is 0.888. The number of sulfonamides is 1. The molecule has 3 N–H and O–H groups in total. The Morgan fingerprint density at radius 3 is 2.58 bits per heavy atom. The van der Waals surface area contributed by atoms with E-state index in [2.05, 4.69) is 5.32 Å². The second-order valence-corrected chi connectivity index (χ2v) is 8.61. The van der Waals surface area contributed by atoms with Gasteiger partial charge in [0.15, 0.2) is 0 Å². The average Bonchev–Trinajstić information content (AvgIpc) is 2.75. The summed E-state index contributed by atoms with van der Waals surface area (Å²) in [6, 6.07) is 9.45. The number of morpholine rings is 1. The SMILES string of the molecule is NC(=O)CCOc1ccccc1NC(=O)c1cc(S(=O)(=O)N2CCOCC2)ccc1F. The summed E-state index contributed by atoms with van der Waals surface area (Å²) >= 11 is 0. The minimum Gasteiger partial charge on any atom is -0.491 e. The van der Waals surface area contributed by atoms with Gasteiger partial charge in [-0.15, -0.1) is 0 Å². The third-order valence-electron chi connectivity index (χ3n) is 4.53. The fraction of sp³-hybridized carbons (Fsp3) is 0.300. The van der Waals surface area contributed by atoms with Crippen LogP contribution in [-0.2, 0) is 19.6 Å². The molecule has 1 aliphatic rings. The number of para-hydroxylation sites is 2. The van der Waals surface area contributed by atoms with E-state index in [4.69, 9.17) is 15.2 Å². The molecule has 1 saturated heterocycles. The number of primary amides is 1. The van der Waals surface area contributed by atoms with E-state index >= 15 is 0 Å². The van der Waals surface area contributed by atoms with E-state index in [1.165, 1.54) is 10.4 Å². The molecule has 166 valence electrons. The van der Waals surface area contributed by atoms with Crippen LogP contribution in [0.1, 0.15) is 16.8 Å². The predicted octanol–water partition coefficient (Wildman–Crippen LogP) is 1.35. The zero-order valence-corrected chi connectivity index (χ0v) is 17.4. The fourth-order valence-corrected chi connectivity index (χ4v) is 4.36. The third kappa shape index (κ3) is 5.57. The highest BCUT2D eigenvalue weighted by atomic mass is 32.2. The van der Waals surface area contributed by atoms with Gasteiger partial charge in [0.25, 0.3) is 5.91 Å². The minimum atomic E-state index is -3.90. The zero-order chi connectivity index (χ0) is 22.4. The normalized spacial score (nSPS) is 14.7. The number of halogens is 1. The van der Waals surface area contributed by atoms with E-state index in [0.29, 0.717) is 0 Å². The molecule has 0 saturated carbocycles. The second-order valence-electron chi connectivity index (χ2n) is 6.67. The highest BCUT2D eigenvalue weighted by Crippen LogP contribution is 2.26. The molecule has 9 nitrogen and oxygen atoms in total. The number of hydrogen-bond donors (Lipinski definition) is 2. The monoisotopic (exact) mass is 451 g/mol. The number of carbonyl (C=O) groups is 2. The van der Waals surface area contributed by atoms with Crippen molar-refractivity contribution < 1.29 is 31.9 Å². The molecule has 31 heavy (non-hydrogen) atoms. The lowest BCUT2D eigenvalue weighted by molar-refractivity contribution is -0.118. The van der Waals surface area contributed by atoms with Crippen molar-refractivity contribution in [3.05, 3.63) is 53.8 Å². The molecule has 1 aliphatic heterocycles. The maximum absolute atomic E-state index is 14.4. The molecule has 0 unspecified atom stereocenters. The Morgan fingerprint density at radius 2 is 1.87 bits per heavy atom. The van der Waals surface area contributed by atoms with Crippen LogP contribution in [0.25, 0.3) is 0 Å². The first-order valence-corrected chi connectivity index (χ1v) is 10.9. The molecule has 0 spiro atoms. The summed E-state index contributed by atoms with van der Waals surface area (Å²) in [4.78, 5) is 23.4.